The molecule has 0 spiro atoms. The first kappa shape index (κ1) is 22.9. The third-order valence-corrected chi connectivity index (χ3v) is 6.03. The number of ether oxygens (including phenoxy) is 1. The van der Waals surface area contributed by atoms with Crippen LogP contribution in [0.3, 0.4) is 0 Å². The van der Waals surface area contributed by atoms with E-state index in [0.29, 0.717) is 36.7 Å². The molecule has 0 aliphatic carbocycles. The maximum atomic E-state index is 12.8. The molecule has 1 atom stereocenters. The van der Waals surface area contributed by atoms with Crippen molar-refractivity contribution in [1.29, 1.82) is 0 Å². The first-order valence-electron chi connectivity index (χ1n) is 10.8. The maximum absolute atomic E-state index is 12.8. The van der Waals surface area contributed by atoms with E-state index in [9.17, 15) is 9.59 Å². The number of thiophene rings is 1. The molecule has 1 aliphatic rings. The Bertz CT molecular complexity index is 1110. The molecule has 10 heteroatoms. The van der Waals surface area contributed by atoms with Crippen molar-refractivity contribution in [1.82, 2.24) is 15.1 Å². The van der Waals surface area contributed by atoms with Gasteiger partial charge in [-0.1, -0.05) is 32.0 Å². The lowest BCUT2D eigenvalue weighted by molar-refractivity contribution is -0.153. The normalized spacial score (nSPS) is 16.2. The van der Waals surface area contributed by atoms with Gasteiger partial charge in [0.1, 0.15) is 11.8 Å². The Balaban J connectivity index is 1.29. The van der Waals surface area contributed by atoms with E-state index < -0.39 is 11.9 Å². The average Bonchev–Trinajstić information content (AvgIpc) is 3.56. The van der Waals surface area contributed by atoms with Crippen LogP contribution in [-0.2, 0) is 26.2 Å². The van der Waals surface area contributed by atoms with E-state index in [-0.39, 0.29) is 24.5 Å². The molecule has 33 heavy (non-hydrogen) atoms. The number of aromatic nitrogens is 2. The van der Waals surface area contributed by atoms with Crippen molar-refractivity contribution >= 4 is 28.9 Å². The molecule has 174 valence electrons. The standard InChI is InChI=1S/C23H26N4O5S/c1-23(2,3)22-24-19(32-26-22)9-4-10-21(29)31-14-20(28)27-16(17-7-5-11-30-17)13-15(25-27)18-8-6-12-33-18/h5-8,11-12,16H,4,9-10,13-14H2,1-3H3. The van der Waals surface area contributed by atoms with Gasteiger partial charge >= 0.3 is 5.97 Å². The summed E-state index contributed by atoms with van der Waals surface area (Å²) in [5.41, 5.74) is 0.607. The number of hydrogen-bond donors (Lipinski definition) is 0. The van der Waals surface area contributed by atoms with Gasteiger partial charge < -0.3 is 13.7 Å². The Morgan fingerprint density at radius 3 is 2.79 bits per heavy atom. The van der Waals surface area contributed by atoms with Crippen LogP contribution in [0.2, 0.25) is 0 Å². The van der Waals surface area contributed by atoms with E-state index in [1.54, 1.807) is 23.7 Å². The second-order valence-corrected chi connectivity index (χ2v) is 9.72. The fourth-order valence-electron chi connectivity index (χ4n) is 3.36. The summed E-state index contributed by atoms with van der Waals surface area (Å²) in [5.74, 6) is 0.889. The molecule has 0 aromatic carbocycles. The van der Waals surface area contributed by atoms with Crippen LogP contribution in [0.25, 0.3) is 0 Å². The Morgan fingerprint density at radius 1 is 1.27 bits per heavy atom. The third-order valence-electron chi connectivity index (χ3n) is 5.11. The Morgan fingerprint density at radius 2 is 2.12 bits per heavy atom. The summed E-state index contributed by atoms with van der Waals surface area (Å²) in [6, 6.07) is 7.12. The van der Waals surface area contributed by atoms with E-state index in [0.717, 1.165) is 10.6 Å². The zero-order valence-electron chi connectivity index (χ0n) is 18.8. The van der Waals surface area contributed by atoms with Crippen LogP contribution in [0.1, 0.15) is 68.4 Å². The molecule has 0 fully saturated rings. The number of amides is 1. The van der Waals surface area contributed by atoms with Gasteiger partial charge in [-0.2, -0.15) is 10.1 Å². The summed E-state index contributed by atoms with van der Waals surface area (Å²) in [4.78, 5) is 30.3. The minimum absolute atomic E-state index is 0.145. The number of esters is 1. The number of hydrogen-bond acceptors (Lipinski definition) is 9. The number of aryl methyl sites for hydroxylation is 1. The van der Waals surface area contributed by atoms with Crippen LogP contribution >= 0.6 is 11.3 Å². The molecule has 0 bridgehead atoms. The molecule has 4 rings (SSSR count). The molecule has 1 amide bonds. The van der Waals surface area contributed by atoms with Crippen molar-refractivity contribution < 1.29 is 23.3 Å². The summed E-state index contributed by atoms with van der Waals surface area (Å²) >= 11 is 1.56. The van der Waals surface area contributed by atoms with Crippen molar-refractivity contribution in [3.8, 4) is 0 Å². The van der Waals surface area contributed by atoms with Gasteiger partial charge in [-0.3, -0.25) is 9.59 Å². The number of nitrogens with zero attached hydrogens (tertiary/aromatic N) is 4. The van der Waals surface area contributed by atoms with Crippen molar-refractivity contribution in [3.05, 3.63) is 58.3 Å². The second kappa shape index (κ2) is 9.70. The monoisotopic (exact) mass is 470 g/mol. The largest absolute Gasteiger partial charge is 0.467 e. The molecule has 1 aliphatic heterocycles. The number of rotatable bonds is 8. The predicted octanol–water partition coefficient (Wildman–Crippen LogP) is 4.27. The molecule has 3 aromatic rings. The van der Waals surface area contributed by atoms with Gasteiger partial charge in [0.05, 0.1) is 16.9 Å². The summed E-state index contributed by atoms with van der Waals surface area (Å²) in [6.45, 7) is 5.62. The topological polar surface area (TPSA) is 111 Å². The van der Waals surface area contributed by atoms with Gasteiger partial charge in [-0.25, -0.2) is 5.01 Å². The summed E-state index contributed by atoms with van der Waals surface area (Å²) < 4.78 is 16.0. The lowest BCUT2D eigenvalue weighted by Gasteiger charge is -2.19. The summed E-state index contributed by atoms with van der Waals surface area (Å²) in [6.07, 6.45) is 3.20. The first-order valence-corrected chi connectivity index (χ1v) is 11.6. The minimum atomic E-state index is -0.463. The SMILES string of the molecule is CC(C)(C)c1noc(CCCC(=O)OCC(=O)N2N=C(c3cccs3)CC2c2ccco2)n1. The molecule has 3 aromatic heterocycles. The quantitative estimate of drug-likeness (QED) is 0.452. The van der Waals surface area contributed by atoms with Crippen molar-refractivity contribution in [2.45, 2.75) is 57.9 Å². The van der Waals surface area contributed by atoms with Gasteiger partial charge in [0.25, 0.3) is 5.91 Å². The molecule has 1 unspecified atom stereocenters. The lowest BCUT2D eigenvalue weighted by Crippen LogP contribution is -2.31. The van der Waals surface area contributed by atoms with Crippen molar-refractivity contribution in [2.75, 3.05) is 6.61 Å². The van der Waals surface area contributed by atoms with E-state index in [2.05, 4.69) is 15.2 Å². The van der Waals surface area contributed by atoms with E-state index >= 15 is 0 Å². The zero-order valence-corrected chi connectivity index (χ0v) is 19.6. The smallest absolute Gasteiger partial charge is 0.306 e. The number of hydrazone groups is 1. The van der Waals surface area contributed by atoms with Crippen LogP contribution in [0.4, 0.5) is 0 Å². The maximum Gasteiger partial charge on any atom is 0.306 e. The van der Waals surface area contributed by atoms with Crippen LogP contribution in [0.5, 0.6) is 0 Å². The molecule has 0 saturated heterocycles. The number of carbonyl (C=O) groups is 2. The highest BCUT2D eigenvalue weighted by atomic mass is 32.1. The minimum Gasteiger partial charge on any atom is -0.467 e. The molecule has 4 heterocycles. The van der Waals surface area contributed by atoms with Crippen LogP contribution < -0.4 is 0 Å². The second-order valence-electron chi connectivity index (χ2n) is 8.77. The van der Waals surface area contributed by atoms with E-state index in [4.69, 9.17) is 13.7 Å². The van der Waals surface area contributed by atoms with E-state index in [1.807, 2.05) is 44.4 Å². The molecule has 0 radical (unpaired) electrons. The first-order chi connectivity index (χ1) is 15.8. The lowest BCUT2D eigenvalue weighted by atomic mass is 9.96. The number of carbonyl (C=O) groups excluding carboxylic acids is 2. The molecule has 9 nitrogen and oxygen atoms in total. The molecular formula is C23H26N4O5S. The Labute approximate surface area is 195 Å². The van der Waals surface area contributed by atoms with Gasteiger partial charge in [-0.15, -0.1) is 11.3 Å². The van der Waals surface area contributed by atoms with E-state index in [1.165, 1.54) is 5.01 Å². The molecular weight excluding hydrogens is 444 g/mol. The average molecular weight is 471 g/mol. The Kier molecular flexibility index (Phi) is 6.73. The molecule has 0 N–H and O–H groups in total. The third kappa shape index (κ3) is 5.57. The zero-order chi connectivity index (χ0) is 23.4. The van der Waals surface area contributed by atoms with Crippen LogP contribution in [-0.4, -0.2) is 39.3 Å². The van der Waals surface area contributed by atoms with Crippen molar-refractivity contribution in [3.63, 3.8) is 0 Å². The van der Waals surface area contributed by atoms with Gasteiger partial charge in [-0.05, 0) is 30.0 Å². The molecule has 0 saturated carbocycles. The fraction of sp³-hybridized carbons (Fsp3) is 0.435. The highest BCUT2D eigenvalue weighted by Crippen LogP contribution is 2.34. The Hall–Kier alpha value is -3.27. The van der Waals surface area contributed by atoms with Crippen LogP contribution in [0.15, 0.2) is 50.0 Å². The van der Waals surface area contributed by atoms with Crippen LogP contribution in [0, 0.1) is 0 Å². The highest BCUT2D eigenvalue weighted by molar-refractivity contribution is 7.12. The predicted molar refractivity (Wildman–Crippen MR) is 121 cm³/mol. The van der Waals surface area contributed by atoms with Gasteiger partial charge in [0.15, 0.2) is 12.4 Å². The van der Waals surface area contributed by atoms with Gasteiger partial charge in [0, 0.05) is 24.7 Å². The van der Waals surface area contributed by atoms with Gasteiger partial charge in [0.2, 0.25) is 5.89 Å². The summed E-state index contributed by atoms with van der Waals surface area (Å²) in [5, 5.41) is 11.8. The highest BCUT2D eigenvalue weighted by Gasteiger charge is 2.35. The fourth-order valence-corrected chi connectivity index (χ4v) is 4.08. The number of furan rings is 1. The van der Waals surface area contributed by atoms with Crippen molar-refractivity contribution in [2.24, 2.45) is 5.10 Å². The summed E-state index contributed by atoms with van der Waals surface area (Å²) in [7, 11) is 0.